The fraction of sp³-hybridized carbons (Fsp3) is 0.421. The molecule has 2 aromatic rings. The molecular formula is C19H21FN2O2S. The first kappa shape index (κ1) is 16.5. The lowest BCUT2D eigenvalue weighted by molar-refractivity contribution is 0.151. The number of fused-ring (bicyclic) bond motifs is 2. The van der Waals surface area contributed by atoms with Crippen LogP contribution < -0.4 is 4.90 Å². The summed E-state index contributed by atoms with van der Waals surface area (Å²) in [4.78, 5) is 15.9. The molecule has 4 nitrogen and oxygen atoms in total. The van der Waals surface area contributed by atoms with Gasteiger partial charge in [0.05, 0.1) is 5.69 Å². The van der Waals surface area contributed by atoms with Crippen LogP contribution in [-0.4, -0.2) is 41.3 Å². The second kappa shape index (κ2) is 6.42. The number of benzene rings is 1. The molecule has 2 saturated heterocycles. The maximum Gasteiger partial charge on any atom is 0.412 e. The zero-order valence-electron chi connectivity index (χ0n) is 14.1. The number of hydrogen-bond donors (Lipinski definition) is 1. The first-order valence-corrected chi connectivity index (χ1v) is 9.55. The molecule has 1 unspecified atom stereocenters. The molecule has 25 heavy (non-hydrogen) atoms. The molecule has 2 fully saturated rings. The van der Waals surface area contributed by atoms with Crippen LogP contribution in [0.25, 0.3) is 11.1 Å². The van der Waals surface area contributed by atoms with Crippen LogP contribution >= 0.6 is 11.3 Å². The van der Waals surface area contributed by atoms with Crippen LogP contribution in [0.5, 0.6) is 0 Å². The summed E-state index contributed by atoms with van der Waals surface area (Å²) in [5.41, 5.74) is 2.17. The molecule has 3 heterocycles. The Morgan fingerprint density at radius 3 is 2.60 bits per heavy atom. The van der Waals surface area contributed by atoms with Crippen molar-refractivity contribution < 1.29 is 14.3 Å². The lowest BCUT2D eigenvalue weighted by Crippen LogP contribution is -2.50. The summed E-state index contributed by atoms with van der Waals surface area (Å²) < 4.78 is 14.0. The molecule has 2 bridgehead atoms. The number of nitrogens with zero attached hydrogens (tertiary/aromatic N) is 2. The van der Waals surface area contributed by atoms with Crippen LogP contribution in [0, 0.1) is 5.82 Å². The van der Waals surface area contributed by atoms with Crippen LogP contribution in [0.15, 0.2) is 35.0 Å². The third-order valence-electron chi connectivity index (χ3n) is 5.70. The van der Waals surface area contributed by atoms with Gasteiger partial charge in [-0.3, -0.25) is 4.90 Å². The molecular weight excluding hydrogens is 339 g/mol. The van der Waals surface area contributed by atoms with Crippen molar-refractivity contribution in [3.8, 4) is 11.1 Å². The normalized spacial score (nSPS) is 25.9. The van der Waals surface area contributed by atoms with Crippen molar-refractivity contribution in [1.82, 2.24) is 4.90 Å². The van der Waals surface area contributed by atoms with E-state index in [1.54, 1.807) is 17.4 Å². The Labute approximate surface area is 150 Å². The monoisotopic (exact) mass is 360 g/mol. The molecule has 6 heteroatoms. The molecule has 1 aromatic carbocycles. The topological polar surface area (TPSA) is 43.8 Å². The van der Waals surface area contributed by atoms with E-state index in [-0.39, 0.29) is 6.04 Å². The van der Waals surface area contributed by atoms with E-state index in [2.05, 4.69) is 11.9 Å². The maximum atomic E-state index is 14.0. The average molecular weight is 360 g/mol. The van der Waals surface area contributed by atoms with Crippen molar-refractivity contribution in [1.29, 1.82) is 0 Å². The Morgan fingerprint density at radius 1 is 1.28 bits per heavy atom. The number of thiophene rings is 1. The van der Waals surface area contributed by atoms with Gasteiger partial charge in [-0.2, -0.15) is 11.3 Å². The summed E-state index contributed by atoms with van der Waals surface area (Å²) in [5, 5.41) is 13.9. The highest BCUT2D eigenvalue weighted by atomic mass is 32.1. The van der Waals surface area contributed by atoms with E-state index in [0.29, 0.717) is 17.8 Å². The van der Waals surface area contributed by atoms with Crippen LogP contribution in [0.2, 0.25) is 0 Å². The highest BCUT2D eigenvalue weighted by Gasteiger charge is 2.42. The van der Waals surface area contributed by atoms with Crippen molar-refractivity contribution in [2.45, 2.75) is 43.8 Å². The second-order valence-electron chi connectivity index (χ2n) is 7.00. The molecule has 1 aromatic heterocycles. The Morgan fingerprint density at radius 2 is 2.00 bits per heavy atom. The third kappa shape index (κ3) is 2.93. The average Bonchev–Trinajstić information content (AvgIpc) is 3.14. The molecule has 2 aliphatic heterocycles. The van der Waals surface area contributed by atoms with E-state index in [4.69, 9.17) is 0 Å². The Hall–Kier alpha value is -1.92. The van der Waals surface area contributed by atoms with Gasteiger partial charge >= 0.3 is 6.09 Å². The van der Waals surface area contributed by atoms with Gasteiger partial charge in [-0.15, -0.1) is 0 Å². The van der Waals surface area contributed by atoms with Gasteiger partial charge < -0.3 is 10.0 Å². The molecule has 2 aliphatic rings. The standard InChI is InChI=1S/C19H21FN2O2S/c1-21-14-3-4-15(21)10-16(9-14)22(19(23)24)18-8-13(20)2-5-17(18)12-6-7-25-11-12/h2,5-8,11,14-16H,3-4,9-10H2,1H3,(H,23,24)/t14-,15+,16?. The first-order valence-electron chi connectivity index (χ1n) is 8.61. The molecule has 3 atom stereocenters. The number of carboxylic acid groups (broad SMARTS) is 1. The minimum atomic E-state index is -1.00. The molecule has 1 N–H and O–H groups in total. The number of rotatable bonds is 3. The predicted molar refractivity (Wildman–Crippen MR) is 97.8 cm³/mol. The van der Waals surface area contributed by atoms with E-state index < -0.39 is 11.9 Å². The Balaban J connectivity index is 1.75. The maximum absolute atomic E-state index is 14.0. The van der Waals surface area contributed by atoms with E-state index in [1.807, 2.05) is 16.8 Å². The number of hydrogen-bond acceptors (Lipinski definition) is 3. The lowest BCUT2D eigenvalue weighted by atomic mass is 9.95. The van der Waals surface area contributed by atoms with Crippen LogP contribution in [0.3, 0.4) is 0 Å². The Bertz CT molecular complexity index is 766. The molecule has 4 rings (SSSR count). The number of carbonyl (C=O) groups is 1. The van der Waals surface area contributed by atoms with Gasteiger partial charge in [-0.25, -0.2) is 9.18 Å². The molecule has 1 amide bonds. The van der Waals surface area contributed by atoms with E-state index >= 15 is 0 Å². The van der Waals surface area contributed by atoms with Crippen molar-refractivity contribution in [2.75, 3.05) is 11.9 Å². The van der Waals surface area contributed by atoms with Crippen molar-refractivity contribution in [3.05, 3.63) is 40.8 Å². The highest BCUT2D eigenvalue weighted by Crippen LogP contribution is 2.40. The van der Waals surface area contributed by atoms with Crippen LogP contribution in [0.1, 0.15) is 25.7 Å². The SMILES string of the molecule is CN1[C@@H]2CC[C@H]1CC(N(C(=O)O)c1cc(F)ccc1-c1ccsc1)C2. The fourth-order valence-electron chi connectivity index (χ4n) is 4.42. The quantitative estimate of drug-likeness (QED) is 0.865. The number of amides is 1. The molecule has 0 saturated carbocycles. The van der Waals surface area contributed by atoms with Gasteiger partial charge in [0.25, 0.3) is 0 Å². The minimum absolute atomic E-state index is 0.106. The van der Waals surface area contributed by atoms with E-state index in [9.17, 15) is 14.3 Å². The van der Waals surface area contributed by atoms with Crippen molar-refractivity contribution in [2.24, 2.45) is 0 Å². The van der Waals surface area contributed by atoms with Gasteiger partial charge in [-0.1, -0.05) is 0 Å². The van der Waals surface area contributed by atoms with E-state index in [1.165, 1.54) is 17.0 Å². The number of anilines is 1. The van der Waals surface area contributed by atoms with Crippen LogP contribution in [0.4, 0.5) is 14.9 Å². The first-order chi connectivity index (χ1) is 12.0. The zero-order chi connectivity index (χ0) is 17.6. The zero-order valence-corrected chi connectivity index (χ0v) is 14.9. The molecule has 132 valence electrons. The van der Waals surface area contributed by atoms with Crippen molar-refractivity contribution >= 4 is 23.1 Å². The number of piperidine rings is 1. The van der Waals surface area contributed by atoms with Gasteiger partial charge in [-0.05, 0) is 73.3 Å². The minimum Gasteiger partial charge on any atom is -0.465 e. The molecule has 0 aliphatic carbocycles. The van der Waals surface area contributed by atoms with Gasteiger partial charge in [0.1, 0.15) is 5.82 Å². The summed E-state index contributed by atoms with van der Waals surface area (Å²) in [6.07, 6.45) is 2.84. The molecule has 0 radical (unpaired) electrons. The number of halogens is 1. The van der Waals surface area contributed by atoms with Crippen LogP contribution in [-0.2, 0) is 0 Å². The highest BCUT2D eigenvalue weighted by molar-refractivity contribution is 7.08. The molecule has 0 spiro atoms. The fourth-order valence-corrected chi connectivity index (χ4v) is 5.07. The Kier molecular flexibility index (Phi) is 4.25. The largest absolute Gasteiger partial charge is 0.465 e. The third-order valence-corrected chi connectivity index (χ3v) is 6.38. The summed E-state index contributed by atoms with van der Waals surface area (Å²) in [6, 6.07) is 7.13. The lowest BCUT2D eigenvalue weighted by Gasteiger charge is -2.41. The van der Waals surface area contributed by atoms with Gasteiger partial charge in [0.15, 0.2) is 0 Å². The van der Waals surface area contributed by atoms with E-state index in [0.717, 1.165) is 36.8 Å². The summed E-state index contributed by atoms with van der Waals surface area (Å²) in [6.45, 7) is 0. The van der Waals surface area contributed by atoms with Crippen molar-refractivity contribution in [3.63, 3.8) is 0 Å². The van der Waals surface area contributed by atoms with Gasteiger partial charge in [0.2, 0.25) is 0 Å². The summed E-state index contributed by atoms with van der Waals surface area (Å²) in [5.74, 6) is -0.406. The predicted octanol–water partition coefficient (Wildman–Crippen LogP) is 4.66. The second-order valence-corrected chi connectivity index (χ2v) is 7.78. The summed E-state index contributed by atoms with van der Waals surface area (Å²) in [7, 11) is 2.13. The summed E-state index contributed by atoms with van der Waals surface area (Å²) >= 11 is 1.55. The smallest absolute Gasteiger partial charge is 0.412 e. The van der Waals surface area contributed by atoms with Gasteiger partial charge in [0, 0.05) is 23.7 Å².